The van der Waals surface area contributed by atoms with Crippen LogP contribution in [-0.4, -0.2) is 43.4 Å². The summed E-state index contributed by atoms with van der Waals surface area (Å²) in [6, 6.07) is 0. The molecular weight excluding hydrogens is 266 g/mol. The molecule has 0 spiro atoms. The molecule has 1 saturated carbocycles. The number of nitrogens with one attached hydrogen (secondary N) is 1. The summed E-state index contributed by atoms with van der Waals surface area (Å²) in [5, 5.41) is 2.85. The van der Waals surface area contributed by atoms with Gasteiger partial charge in [-0.25, -0.2) is 0 Å². The van der Waals surface area contributed by atoms with Crippen LogP contribution in [0.4, 0.5) is 0 Å². The van der Waals surface area contributed by atoms with Crippen LogP contribution in [0.1, 0.15) is 52.4 Å². The van der Waals surface area contributed by atoms with E-state index in [0.29, 0.717) is 19.0 Å². The summed E-state index contributed by atoms with van der Waals surface area (Å²) in [6.45, 7) is 5.23. The molecule has 0 aromatic rings. The Morgan fingerprint density at radius 2 is 1.76 bits per heavy atom. The van der Waals surface area contributed by atoms with Crippen molar-refractivity contribution in [2.24, 2.45) is 17.1 Å². The van der Waals surface area contributed by atoms with E-state index in [2.05, 4.69) is 5.32 Å². The fourth-order valence-electron chi connectivity index (χ4n) is 2.98. The molecule has 0 heterocycles. The van der Waals surface area contributed by atoms with Crippen molar-refractivity contribution in [3.8, 4) is 0 Å². The largest absolute Gasteiger partial charge is 0.354 e. The summed E-state index contributed by atoms with van der Waals surface area (Å²) in [7, 11) is 1.71. The monoisotopic (exact) mass is 297 g/mol. The fraction of sp³-hybridized carbons (Fsp3) is 0.875. The number of carbonyl (C=O) groups excluding carboxylic acids is 2. The number of nitrogens with zero attached hydrogens (tertiary/aromatic N) is 1. The van der Waals surface area contributed by atoms with Crippen LogP contribution in [0, 0.1) is 11.3 Å². The van der Waals surface area contributed by atoms with Crippen LogP contribution in [-0.2, 0) is 9.59 Å². The standard InChI is InChI=1S/C16H31N3O2/c1-13(2)10-18-14(20)11-19(3)15(21)16(12-17)8-6-4-5-7-9-16/h13H,4-12,17H2,1-3H3,(H,18,20). The highest BCUT2D eigenvalue weighted by atomic mass is 16.2. The molecule has 0 saturated heterocycles. The van der Waals surface area contributed by atoms with Crippen molar-refractivity contribution in [2.75, 3.05) is 26.7 Å². The van der Waals surface area contributed by atoms with E-state index in [-0.39, 0.29) is 18.4 Å². The summed E-state index contributed by atoms with van der Waals surface area (Å²) < 4.78 is 0. The third-order valence-electron chi connectivity index (χ3n) is 4.34. The number of hydrogen-bond acceptors (Lipinski definition) is 3. The van der Waals surface area contributed by atoms with Gasteiger partial charge in [0.25, 0.3) is 0 Å². The van der Waals surface area contributed by atoms with Gasteiger partial charge in [0.1, 0.15) is 0 Å². The van der Waals surface area contributed by atoms with Gasteiger partial charge in [-0.3, -0.25) is 9.59 Å². The first-order valence-electron chi connectivity index (χ1n) is 8.13. The topological polar surface area (TPSA) is 75.4 Å². The van der Waals surface area contributed by atoms with Gasteiger partial charge in [0.05, 0.1) is 12.0 Å². The lowest BCUT2D eigenvalue weighted by Gasteiger charge is -2.34. The number of amides is 2. The molecule has 1 fully saturated rings. The minimum absolute atomic E-state index is 0.0339. The normalized spacial score (nSPS) is 18.1. The Balaban J connectivity index is 2.60. The Hall–Kier alpha value is -1.10. The number of rotatable bonds is 6. The molecule has 2 amide bonds. The summed E-state index contributed by atoms with van der Waals surface area (Å²) in [4.78, 5) is 26.2. The molecule has 1 rings (SSSR count). The predicted molar refractivity (Wildman–Crippen MR) is 84.7 cm³/mol. The molecule has 1 aliphatic rings. The van der Waals surface area contributed by atoms with Crippen LogP contribution in [0.25, 0.3) is 0 Å². The number of nitrogens with two attached hydrogens (primary N) is 1. The van der Waals surface area contributed by atoms with Gasteiger partial charge in [-0.15, -0.1) is 0 Å². The van der Waals surface area contributed by atoms with E-state index in [4.69, 9.17) is 5.73 Å². The molecule has 0 aromatic heterocycles. The summed E-state index contributed by atoms with van der Waals surface area (Å²) >= 11 is 0. The minimum Gasteiger partial charge on any atom is -0.354 e. The smallest absolute Gasteiger partial charge is 0.239 e. The molecule has 5 nitrogen and oxygen atoms in total. The molecule has 3 N–H and O–H groups in total. The van der Waals surface area contributed by atoms with Crippen LogP contribution in [0.5, 0.6) is 0 Å². The number of hydrogen-bond donors (Lipinski definition) is 2. The second kappa shape index (κ2) is 8.37. The highest BCUT2D eigenvalue weighted by Gasteiger charge is 2.39. The zero-order chi connectivity index (χ0) is 15.9. The lowest BCUT2D eigenvalue weighted by Crippen LogP contribution is -2.49. The first kappa shape index (κ1) is 18.0. The highest BCUT2D eigenvalue weighted by molar-refractivity contribution is 5.88. The predicted octanol–water partition coefficient (Wildman–Crippen LogP) is 1.52. The lowest BCUT2D eigenvalue weighted by atomic mass is 9.79. The summed E-state index contributed by atoms with van der Waals surface area (Å²) in [6.07, 6.45) is 6.15. The van der Waals surface area contributed by atoms with Gasteiger partial charge in [-0.05, 0) is 18.8 Å². The third-order valence-corrected chi connectivity index (χ3v) is 4.34. The van der Waals surface area contributed by atoms with E-state index >= 15 is 0 Å². The Morgan fingerprint density at radius 3 is 2.24 bits per heavy atom. The van der Waals surface area contributed by atoms with Crippen molar-refractivity contribution in [3.63, 3.8) is 0 Å². The molecule has 5 heteroatoms. The van der Waals surface area contributed by atoms with E-state index < -0.39 is 5.41 Å². The maximum absolute atomic E-state index is 12.7. The first-order chi connectivity index (χ1) is 9.91. The zero-order valence-electron chi connectivity index (χ0n) is 13.8. The highest BCUT2D eigenvalue weighted by Crippen LogP contribution is 2.35. The van der Waals surface area contributed by atoms with Crippen LogP contribution in [0.15, 0.2) is 0 Å². The lowest BCUT2D eigenvalue weighted by molar-refractivity contribution is -0.144. The van der Waals surface area contributed by atoms with E-state index in [1.807, 2.05) is 13.8 Å². The van der Waals surface area contributed by atoms with Crippen molar-refractivity contribution >= 4 is 11.8 Å². The van der Waals surface area contributed by atoms with Gasteiger partial charge < -0.3 is 16.0 Å². The molecular formula is C16H31N3O2. The average Bonchev–Trinajstić information content (AvgIpc) is 2.70. The van der Waals surface area contributed by atoms with Gasteiger partial charge in [-0.1, -0.05) is 39.5 Å². The second-order valence-electron chi connectivity index (χ2n) is 6.76. The van der Waals surface area contributed by atoms with Crippen LogP contribution < -0.4 is 11.1 Å². The molecule has 122 valence electrons. The van der Waals surface area contributed by atoms with E-state index in [1.165, 1.54) is 12.8 Å². The Labute approximate surface area is 128 Å². The van der Waals surface area contributed by atoms with E-state index in [0.717, 1.165) is 25.7 Å². The molecule has 0 unspecified atom stereocenters. The molecule has 0 atom stereocenters. The van der Waals surface area contributed by atoms with Gasteiger partial charge in [0.15, 0.2) is 0 Å². The van der Waals surface area contributed by atoms with Crippen molar-refractivity contribution in [1.82, 2.24) is 10.2 Å². The molecule has 1 aliphatic carbocycles. The first-order valence-corrected chi connectivity index (χ1v) is 8.13. The van der Waals surface area contributed by atoms with Crippen molar-refractivity contribution in [1.29, 1.82) is 0 Å². The van der Waals surface area contributed by atoms with Crippen molar-refractivity contribution in [3.05, 3.63) is 0 Å². The second-order valence-corrected chi connectivity index (χ2v) is 6.76. The minimum atomic E-state index is -0.455. The molecule has 0 radical (unpaired) electrons. The Bertz CT molecular complexity index is 347. The molecule has 0 aromatic carbocycles. The molecule has 21 heavy (non-hydrogen) atoms. The van der Waals surface area contributed by atoms with E-state index in [1.54, 1.807) is 11.9 Å². The van der Waals surface area contributed by atoms with Gasteiger partial charge in [-0.2, -0.15) is 0 Å². The van der Waals surface area contributed by atoms with Crippen molar-refractivity contribution < 1.29 is 9.59 Å². The van der Waals surface area contributed by atoms with Crippen LogP contribution >= 0.6 is 0 Å². The summed E-state index contributed by atoms with van der Waals surface area (Å²) in [5.41, 5.74) is 5.47. The molecule has 0 bridgehead atoms. The van der Waals surface area contributed by atoms with Gasteiger partial charge in [0, 0.05) is 20.1 Å². The number of carbonyl (C=O) groups is 2. The third kappa shape index (κ3) is 5.30. The maximum Gasteiger partial charge on any atom is 0.239 e. The average molecular weight is 297 g/mol. The van der Waals surface area contributed by atoms with Gasteiger partial charge >= 0.3 is 0 Å². The SMILES string of the molecule is CC(C)CNC(=O)CN(C)C(=O)C1(CN)CCCCCC1. The maximum atomic E-state index is 12.7. The fourth-order valence-corrected chi connectivity index (χ4v) is 2.98. The van der Waals surface area contributed by atoms with E-state index in [9.17, 15) is 9.59 Å². The Kier molecular flexibility index (Phi) is 7.15. The number of likely N-dealkylation sites (N-methyl/N-ethyl adjacent to an activating group) is 1. The summed E-state index contributed by atoms with van der Waals surface area (Å²) in [5.74, 6) is 0.346. The molecule has 0 aliphatic heterocycles. The quantitative estimate of drug-likeness (QED) is 0.730. The zero-order valence-corrected chi connectivity index (χ0v) is 13.8. The van der Waals surface area contributed by atoms with Crippen LogP contribution in [0.2, 0.25) is 0 Å². The van der Waals surface area contributed by atoms with Crippen molar-refractivity contribution in [2.45, 2.75) is 52.4 Å². The van der Waals surface area contributed by atoms with Gasteiger partial charge in [0.2, 0.25) is 11.8 Å². The Morgan fingerprint density at radius 1 is 1.19 bits per heavy atom. The van der Waals surface area contributed by atoms with Crippen LogP contribution in [0.3, 0.4) is 0 Å².